The predicted molar refractivity (Wildman–Crippen MR) is 115 cm³/mol. The molecule has 1 unspecified atom stereocenters. The Balaban J connectivity index is 1.62. The molecule has 1 aliphatic heterocycles. The van der Waals surface area contributed by atoms with Gasteiger partial charge in [0.2, 0.25) is 0 Å². The number of hydrogen-bond donors (Lipinski definition) is 1. The summed E-state index contributed by atoms with van der Waals surface area (Å²) in [5, 5.41) is 2.90. The zero-order valence-corrected chi connectivity index (χ0v) is 17.3. The molecule has 2 aromatic carbocycles. The van der Waals surface area contributed by atoms with Crippen LogP contribution < -0.4 is 5.32 Å². The van der Waals surface area contributed by atoms with Crippen molar-refractivity contribution in [2.45, 2.75) is 33.4 Å². The van der Waals surface area contributed by atoms with Crippen molar-refractivity contribution >= 4 is 11.8 Å². The van der Waals surface area contributed by atoms with Gasteiger partial charge in [-0.2, -0.15) is 0 Å². The van der Waals surface area contributed by atoms with E-state index in [2.05, 4.69) is 15.3 Å². The minimum Gasteiger partial charge on any atom is -0.348 e. The van der Waals surface area contributed by atoms with Crippen molar-refractivity contribution in [2.24, 2.45) is 0 Å². The molecule has 2 heterocycles. The SMILES string of the molecule is Cc1ccc(-c2cc(C(=O)NCc3cnc(C)nc3)cc(C(=O)N3CC3C)c2)cc1. The second-order valence-electron chi connectivity index (χ2n) is 7.79. The molecule has 1 fully saturated rings. The first kappa shape index (κ1) is 19.8. The molecule has 4 rings (SSSR count). The van der Waals surface area contributed by atoms with Gasteiger partial charge in [0.15, 0.2) is 0 Å². The van der Waals surface area contributed by atoms with Gasteiger partial charge in [-0.25, -0.2) is 9.97 Å². The molecule has 1 aromatic heterocycles. The molecule has 2 amide bonds. The highest BCUT2D eigenvalue weighted by Gasteiger charge is 2.35. The van der Waals surface area contributed by atoms with Gasteiger partial charge in [0.05, 0.1) is 0 Å². The lowest BCUT2D eigenvalue weighted by Crippen LogP contribution is -2.24. The summed E-state index contributed by atoms with van der Waals surface area (Å²) in [4.78, 5) is 35.8. The highest BCUT2D eigenvalue weighted by molar-refractivity contribution is 6.02. The Morgan fingerprint density at radius 1 is 1.00 bits per heavy atom. The summed E-state index contributed by atoms with van der Waals surface area (Å²) < 4.78 is 0. The van der Waals surface area contributed by atoms with E-state index in [1.807, 2.05) is 57.2 Å². The molecule has 1 saturated heterocycles. The van der Waals surface area contributed by atoms with E-state index in [1.54, 1.807) is 23.4 Å². The van der Waals surface area contributed by atoms with Crippen LogP contribution in [0, 0.1) is 13.8 Å². The second-order valence-corrected chi connectivity index (χ2v) is 7.79. The molecule has 3 aromatic rings. The van der Waals surface area contributed by atoms with E-state index in [0.717, 1.165) is 28.8 Å². The van der Waals surface area contributed by atoms with Crippen molar-refractivity contribution in [3.8, 4) is 11.1 Å². The normalized spacial score (nSPS) is 15.0. The molecule has 152 valence electrons. The van der Waals surface area contributed by atoms with Crippen molar-refractivity contribution in [3.05, 3.63) is 82.9 Å². The smallest absolute Gasteiger partial charge is 0.254 e. The number of carbonyl (C=O) groups is 2. The van der Waals surface area contributed by atoms with Crippen molar-refractivity contribution < 1.29 is 9.59 Å². The van der Waals surface area contributed by atoms with Crippen LogP contribution in [0.15, 0.2) is 54.9 Å². The summed E-state index contributed by atoms with van der Waals surface area (Å²) in [5.74, 6) is 0.401. The van der Waals surface area contributed by atoms with Gasteiger partial charge in [-0.15, -0.1) is 0 Å². The van der Waals surface area contributed by atoms with Crippen LogP contribution in [0.1, 0.15) is 44.6 Å². The quantitative estimate of drug-likeness (QED) is 0.665. The molecule has 1 N–H and O–H groups in total. The van der Waals surface area contributed by atoms with E-state index in [1.165, 1.54) is 0 Å². The van der Waals surface area contributed by atoms with Crippen molar-refractivity contribution in [2.75, 3.05) is 6.54 Å². The van der Waals surface area contributed by atoms with E-state index in [4.69, 9.17) is 0 Å². The fraction of sp³-hybridized carbons (Fsp3) is 0.250. The third kappa shape index (κ3) is 4.38. The zero-order chi connectivity index (χ0) is 21.3. The molecule has 6 heteroatoms. The monoisotopic (exact) mass is 400 g/mol. The maximum atomic E-state index is 12.9. The second kappa shape index (κ2) is 8.06. The molecular weight excluding hydrogens is 376 g/mol. The average molecular weight is 400 g/mol. The highest BCUT2D eigenvalue weighted by Crippen LogP contribution is 2.27. The summed E-state index contributed by atoms with van der Waals surface area (Å²) in [6.07, 6.45) is 3.39. The zero-order valence-electron chi connectivity index (χ0n) is 17.3. The first-order valence-corrected chi connectivity index (χ1v) is 9.99. The van der Waals surface area contributed by atoms with Gasteiger partial charge in [-0.3, -0.25) is 9.59 Å². The van der Waals surface area contributed by atoms with Gasteiger partial charge >= 0.3 is 0 Å². The summed E-state index contributed by atoms with van der Waals surface area (Å²) in [6, 6.07) is 13.7. The summed E-state index contributed by atoms with van der Waals surface area (Å²) in [6.45, 7) is 6.93. The number of rotatable bonds is 5. The third-order valence-electron chi connectivity index (χ3n) is 5.23. The number of aryl methyl sites for hydroxylation is 2. The number of nitrogens with zero attached hydrogens (tertiary/aromatic N) is 3. The first-order valence-electron chi connectivity index (χ1n) is 9.99. The van der Waals surface area contributed by atoms with Crippen molar-refractivity contribution in [1.29, 1.82) is 0 Å². The Bertz CT molecular complexity index is 1090. The Kier molecular flexibility index (Phi) is 5.31. The molecule has 30 heavy (non-hydrogen) atoms. The first-order chi connectivity index (χ1) is 14.4. The Labute approximate surface area is 176 Å². The summed E-state index contributed by atoms with van der Waals surface area (Å²) >= 11 is 0. The van der Waals surface area contributed by atoms with Crippen LogP contribution >= 0.6 is 0 Å². The molecule has 1 aliphatic rings. The minimum atomic E-state index is -0.238. The van der Waals surface area contributed by atoms with Gasteiger partial charge < -0.3 is 10.2 Å². The third-order valence-corrected chi connectivity index (χ3v) is 5.23. The topological polar surface area (TPSA) is 75.0 Å². The average Bonchev–Trinajstić information content (AvgIpc) is 3.49. The fourth-order valence-corrected chi connectivity index (χ4v) is 3.28. The van der Waals surface area contributed by atoms with E-state index in [9.17, 15) is 9.59 Å². The maximum absolute atomic E-state index is 12.9. The number of hydrogen-bond acceptors (Lipinski definition) is 4. The van der Waals surface area contributed by atoms with Crippen molar-refractivity contribution in [1.82, 2.24) is 20.2 Å². The van der Waals surface area contributed by atoms with E-state index >= 15 is 0 Å². The molecule has 0 bridgehead atoms. The minimum absolute atomic E-state index is 0.0440. The van der Waals surface area contributed by atoms with Crippen LogP contribution in [-0.2, 0) is 6.54 Å². The lowest BCUT2D eigenvalue weighted by molar-refractivity contribution is 0.0876. The van der Waals surface area contributed by atoms with Crippen molar-refractivity contribution in [3.63, 3.8) is 0 Å². The number of carbonyl (C=O) groups excluding carboxylic acids is 2. The van der Waals surface area contributed by atoms with Gasteiger partial charge in [0.25, 0.3) is 11.8 Å². The molecule has 6 nitrogen and oxygen atoms in total. The van der Waals surface area contributed by atoms with E-state index in [0.29, 0.717) is 23.5 Å². The molecule has 0 spiro atoms. The van der Waals surface area contributed by atoms with Crippen LogP contribution in [0.5, 0.6) is 0 Å². The number of amides is 2. The van der Waals surface area contributed by atoms with Gasteiger partial charge in [-0.1, -0.05) is 29.8 Å². The van der Waals surface area contributed by atoms with Crippen LogP contribution in [0.3, 0.4) is 0 Å². The molecule has 0 saturated carbocycles. The Hall–Kier alpha value is -3.54. The van der Waals surface area contributed by atoms with Gasteiger partial charge in [0.1, 0.15) is 5.82 Å². The summed E-state index contributed by atoms with van der Waals surface area (Å²) in [7, 11) is 0. The Morgan fingerprint density at radius 2 is 1.63 bits per heavy atom. The lowest BCUT2D eigenvalue weighted by atomic mass is 9.98. The number of aromatic nitrogens is 2. The molecular formula is C24H24N4O2. The maximum Gasteiger partial charge on any atom is 0.254 e. The Morgan fingerprint density at radius 3 is 2.27 bits per heavy atom. The molecule has 1 atom stereocenters. The van der Waals surface area contributed by atoms with Gasteiger partial charge in [-0.05, 0) is 50.1 Å². The van der Waals surface area contributed by atoms with Crippen LogP contribution in [0.25, 0.3) is 11.1 Å². The van der Waals surface area contributed by atoms with Crippen LogP contribution in [-0.4, -0.2) is 39.3 Å². The number of nitrogens with one attached hydrogen (secondary N) is 1. The largest absolute Gasteiger partial charge is 0.348 e. The lowest BCUT2D eigenvalue weighted by Gasteiger charge is -2.11. The fourth-order valence-electron chi connectivity index (χ4n) is 3.28. The van der Waals surface area contributed by atoms with E-state index in [-0.39, 0.29) is 17.9 Å². The van der Waals surface area contributed by atoms with Crippen LogP contribution in [0.4, 0.5) is 0 Å². The predicted octanol–water partition coefficient (Wildman–Crippen LogP) is 3.53. The molecule has 0 radical (unpaired) electrons. The molecule has 0 aliphatic carbocycles. The van der Waals surface area contributed by atoms with Gasteiger partial charge in [0, 0.05) is 48.2 Å². The highest BCUT2D eigenvalue weighted by atomic mass is 16.2. The number of benzene rings is 2. The summed E-state index contributed by atoms with van der Waals surface area (Å²) in [5.41, 5.74) is 4.77. The van der Waals surface area contributed by atoms with E-state index < -0.39 is 0 Å². The standard InChI is InChI=1S/C24H24N4O2/c1-15-4-6-19(7-5-15)20-8-21(10-22(9-20)24(30)28-14-16(28)2)23(29)27-13-18-11-25-17(3)26-12-18/h4-12,16H,13-14H2,1-3H3,(H,27,29). The van der Waals surface area contributed by atoms with Crippen LogP contribution in [0.2, 0.25) is 0 Å².